The molecule has 0 saturated heterocycles. The predicted molar refractivity (Wildman–Crippen MR) is 101 cm³/mol. The van der Waals surface area contributed by atoms with Crippen LogP contribution in [0.5, 0.6) is 0 Å². The summed E-state index contributed by atoms with van der Waals surface area (Å²) in [5, 5.41) is 0. The fourth-order valence-corrected chi connectivity index (χ4v) is 3.32. The molecule has 0 bridgehead atoms. The van der Waals surface area contributed by atoms with Crippen molar-refractivity contribution in [2.45, 2.75) is 40.7 Å². The van der Waals surface area contributed by atoms with Gasteiger partial charge < -0.3 is 29.4 Å². The molecular weight excluding hydrogens is 409 g/mol. The second-order valence-corrected chi connectivity index (χ2v) is 7.10. The smallest absolute Gasteiger partial charge is 1.00 e. The van der Waals surface area contributed by atoms with Gasteiger partial charge in [-0.25, -0.2) is 17.7 Å². The first-order valence-electron chi connectivity index (χ1n) is 8.51. The van der Waals surface area contributed by atoms with E-state index in [1.54, 1.807) is 0 Å². The summed E-state index contributed by atoms with van der Waals surface area (Å²) >= 11 is 0. The van der Waals surface area contributed by atoms with E-state index in [1.165, 1.54) is 27.8 Å². The predicted octanol–water partition coefficient (Wildman–Crippen LogP) is 0.0251. The van der Waals surface area contributed by atoms with E-state index in [9.17, 15) is 0 Å². The maximum absolute atomic E-state index is 3.44. The standard InChI is InChI=1S/C13H10N.C10H15.2ClH.Ti/c1-2-6-12-11(5-1)7-8-13(12)14-9-3-4-10-14;1-7-6-10(4,5)9(3)8(7)2;;;/h1-7,9-10,13H;1-5H3;2*1H;/q2*-1;;;+4/p-2. The summed E-state index contributed by atoms with van der Waals surface area (Å²) in [5.41, 5.74) is 7.01. The molecule has 140 valence electrons. The van der Waals surface area contributed by atoms with E-state index in [-0.39, 0.29) is 58.0 Å². The molecular formula is C23H25Cl2NTi. The monoisotopic (exact) mass is 433 g/mol. The normalized spacial score (nSPS) is 18.3. The number of benzene rings is 1. The zero-order chi connectivity index (χ0) is 17.3. The number of rotatable bonds is 1. The summed E-state index contributed by atoms with van der Waals surface area (Å²) in [7, 11) is 0. The Kier molecular flexibility index (Phi) is 10.1. The average molecular weight is 434 g/mol. The zero-order valence-electron chi connectivity index (χ0n) is 16.5. The van der Waals surface area contributed by atoms with Gasteiger partial charge in [0.1, 0.15) is 0 Å². The third kappa shape index (κ3) is 5.51. The van der Waals surface area contributed by atoms with Gasteiger partial charge in [0.2, 0.25) is 0 Å². The van der Waals surface area contributed by atoms with Gasteiger partial charge in [-0.1, -0.05) is 51.3 Å². The number of nitrogens with zero attached hydrogens (tertiary/aromatic N) is 1. The van der Waals surface area contributed by atoms with Crippen LogP contribution in [0, 0.1) is 17.6 Å². The largest absolute Gasteiger partial charge is 4.00 e. The van der Waals surface area contributed by atoms with E-state index in [4.69, 9.17) is 0 Å². The second kappa shape index (κ2) is 10.5. The summed E-state index contributed by atoms with van der Waals surface area (Å²) in [6.45, 7) is 10.9. The zero-order valence-corrected chi connectivity index (χ0v) is 19.6. The molecule has 4 heteroatoms. The van der Waals surface area contributed by atoms with Crippen molar-refractivity contribution < 1.29 is 46.5 Å². The van der Waals surface area contributed by atoms with E-state index >= 15 is 0 Å². The van der Waals surface area contributed by atoms with Gasteiger partial charge in [0.25, 0.3) is 0 Å². The maximum Gasteiger partial charge on any atom is 4.00 e. The van der Waals surface area contributed by atoms with Gasteiger partial charge in [-0.2, -0.15) is 16.7 Å². The van der Waals surface area contributed by atoms with Gasteiger partial charge >= 0.3 is 21.7 Å². The van der Waals surface area contributed by atoms with Gasteiger partial charge in [0.15, 0.2) is 0 Å². The van der Waals surface area contributed by atoms with E-state index in [0.717, 1.165) is 0 Å². The van der Waals surface area contributed by atoms with Gasteiger partial charge in [-0.05, 0) is 18.2 Å². The fourth-order valence-electron chi connectivity index (χ4n) is 3.32. The number of aromatic nitrogens is 1. The van der Waals surface area contributed by atoms with E-state index in [2.05, 4.69) is 94.1 Å². The number of halogens is 2. The van der Waals surface area contributed by atoms with Crippen molar-refractivity contribution >= 4 is 6.08 Å². The molecule has 0 aliphatic heterocycles. The van der Waals surface area contributed by atoms with Crippen molar-refractivity contribution in [3.05, 3.63) is 88.8 Å². The van der Waals surface area contributed by atoms with E-state index < -0.39 is 0 Å². The molecule has 0 saturated carbocycles. The minimum Gasteiger partial charge on any atom is -1.00 e. The molecule has 2 aliphatic rings. The quantitative estimate of drug-likeness (QED) is 0.441. The Morgan fingerprint density at radius 2 is 1.52 bits per heavy atom. The molecule has 1 atom stereocenters. The summed E-state index contributed by atoms with van der Waals surface area (Å²) in [6, 6.07) is 12.8. The van der Waals surface area contributed by atoms with Crippen LogP contribution in [0.3, 0.4) is 0 Å². The van der Waals surface area contributed by atoms with Crippen LogP contribution in [0.4, 0.5) is 0 Å². The molecule has 27 heavy (non-hydrogen) atoms. The Balaban J connectivity index is 0.000000473. The first-order valence-corrected chi connectivity index (χ1v) is 8.51. The van der Waals surface area contributed by atoms with E-state index in [1.807, 2.05) is 12.1 Å². The topological polar surface area (TPSA) is 4.93 Å². The van der Waals surface area contributed by atoms with Crippen molar-refractivity contribution in [1.82, 2.24) is 4.57 Å². The van der Waals surface area contributed by atoms with Gasteiger partial charge in [0, 0.05) is 12.4 Å². The Bertz CT molecular complexity index is 830. The molecule has 1 nitrogen and oxygen atoms in total. The summed E-state index contributed by atoms with van der Waals surface area (Å²) < 4.78 is 2.17. The van der Waals surface area contributed by atoms with Crippen LogP contribution < -0.4 is 24.8 Å². The molecule has 1 unspecified atom stereocenters. The molecule has 1 heterocycles. The molecule has 4 rings (SSSR count). The van der Waals surface area contributed by atoms with Gasteiger partial charge in [-0.15, -0.1) is 18.6 Å². The Morgan fingerprint density at radius 1 is 0.926 bits per heavy atom. The van der Waals surface area contributed by atoms with Crippen LogP contribution in [-0.2, 0) is 21.7 Å². The van der Waals surface area contributed by atoms with Crippen LogP contribution in [-0.4, -0.2) is 4.57 Å². The molecule has 0 N–H and O–H groups in total. The van der Waals surface area contributed by atoms with Crippen molar-refractivity contribution in [2.24, 2.45) is 5.41 Å². The van der Waals surface area contributed by atoms with Crippen LogP contribution >= 0.6 is 0 Å². The minimum absolute atomic E-state index is 0. The maximum atomic E-state index is 3.44. The van der Waals surface area contributed by atoms with Crippen molar-refractivity contribution in [3.63, 3.8) is 0 Å². The SMILES string of the molecule is CC1=[C-]C(C)(C)C(C)=C1C.[C-]1=Cc2ccccc2C1n1cccc1.[Cl-].[Cl-].[Ti+4]. The van der Waals surface area contributed by atoms with Crippen LogP contribution in [0.15, 0.2) is 65.5 Å². The number of allylic oxidation sites excluding steroid dienone is 5. The third-order valence-electron chi connectivity index (χ3n) is 5.18. The number of hydrogen-bond donors (Lipinski definition) is 0. The molecule has 2 aliphatic carbocycles. The molecule has 0 amide bonds. The molecule has 0 spiro atoms. The van der Waals surface area contributed by atoms with Crippen molar-refractivity contribution in [1.29, 1.82) is 0 Å². The molecule has 1 aromatic carbocycles. The van der Waals surface area contributed by atoms with Crippen LogP contribution in [0.2, 0.25) is 0 Å². The first-order chi connectivity index (χ1) is 11.4. The van der Waals surface area contributed by atoms with Crippen LogP contribution in [0.1, 0.15) is 51.8 Å². The summed E-state index contributed by atoms with van der Waals surface area (Å²) in [6.07, 6.45) is 13.0. The molecule has 1 aromatic heterocycles. The minimum atomic E-state index is 0. The third-order valence-corrected chi connectivity index (χ3v) is 5.18. The molecule has 0 fully saturated rings. The van der Waals surface area contributed by atoms with Crippen molar-refractivity contribution in [3.8, 4) is 0 Å². The fraction of sp³-hybridized carbons (Fsp3) is 0.304. The molecule has 2 aromatic rings. The summed E-state index contributed by atoms with van der Waals surface area (Å²) in [5.74, 6) is 0. The number of hydrogen-bond acceptors (Lipinski definition) is 0. The second-order valence-electron chi connectivity index (χ2n) is 7.10. The van der Waals surface area contributed by atoms with Gasteiger partial charge in [-0.3, -0.25) is 6.08 Å². The van der Waals surface area contributed by atoms with E-state index in [0.29, 0.717) is 0 Å². The Hall–Kier alpha value is -0.986. The Labute approximate surface area is 191 Å². The van der Waals surface area contributed by atoms with Gasteiger partial charge in [0.05, 0.1) is 0 Å². The first kappa shape index (κ1) is 26.0. The van der Waals surface area contributed by atoms with Crippen molar-refractivity contribution in [2.75, 3.05) is 0 Å². The average Bonchev–Trinajstić information content (AvgIpc) is 3.25. The van der Waals surface area contributed by atoms with Crippen LogP contribution in [0.25, 0.3) is 6.08 Å². The number of fused-ring (bicyclic) bond motifs is 1. The Morgan fingerprint density at radius 3 is 2.00 bits per heavy atom. The molecule has 0 radical (unpaired) electrons. The summed E-state index contributed by atoms with van der Waals surface area (Å²) in [4.78, 5) is 0.